The number of aryl methyl sites for hydroxylation is 1. The molecule has 0 aliphatic rings. The van der Waals surface area contributed by atoms with Gasteiger partial charge in [0.05, 0.1) is 24.4 Å². The van der Waals surface area contributed by atoms with E-state index in [1.807, 2.05) is 0 Å². The van der Waals surface area contributed by atoms with Gasteiger partial charge in [-0.25, -0.2) is 9.78 Å². The average Bonchev–Trinajstić information content (AvgIpc) is 2.20. The third-order valence-electron chi connectivity index (χ3n) is 1.83. The minimum absolute atomic E-state index is 0.113. The zero-order chi connectivity index (χ0) is 11.6. The van der Waals surface area contributed by atoms with E-state index < -0.39 is 5.97 Å². The fourth-order valence-electron chi connectivity index (χ4n) is 1.16. The predicted molar refractivity (Wildman–Crippen MR) is 56.7 cm³/mol. The molecule has 1 N–H and O–H groups in total. The molecular weight excluding hydrogens is 266 g/mol. The highest BCUT2D eigenvalue weighted by molar-refractivity contribution is 9.10. The van der Waals surface area contributed by atoms with Gasteiger partial charge in [0.15, 0.2) is 17.2 Å². The Balaban J connectivity index is 3.54. The van der Waals surface area contributed by atoms with E-state index in [0.717, 1.165) is 0 Å². The SMILES string of the molecule is COc1c(C(=O)O)nc(C)c(Br)c1OC. The first kappa shape index (κ1) is 11.8. The van der Waals surface area contributed by atoms with Gasteiger partial charge in [0.1, 0.15) is 0 Å². The molecule has 6 heteroatoms. The van der Waals surface area contributed by atoms with Crippen LogP contribution in [0.2, 0.25) is 0 Å². The predicted octanol–water partition coefficient (Wildman–Crippen LogP) is 1.87. The van der Waals surface area contributed by atoms with Crippen molar-refractivity contribution in [3.63, 3.8) is 0 Å². The monoisotopic (exact) mass is 275 g/mol. The number of hydrogen-bond acceptors (Lipinski definition) is 4. The molecule has 0 aromatic carbocycles. The molecule has 0 saturated carbocycles. The number of carbonyl (C=O) groups is 1. The molecule has 1 heterocycles. The van der Waals surface area contributed by atoms with Crippen molar-refractivity contribution in [2.24, 2.45) is 0 Å². The molecule has 15 heavy (non-hydrogen) atoms. The van der Waals surface area contributed by atoms with E-state index >= 15 is 0 Å². The molecule has 0 bridgehead atoms. The van der Waals surface area contributed by atoms with E-state index in [4.69, 9.17) is 14.6 Å². The highest BCUT2D eigenvalue weighted by Gasteiger charge is 2.22. The van der Waals surface area contributed by atoms with Crippen LogP contribution in [-0.4, -0.2) is 30.3 Å². The van der Waals surface area contributed by atoms with Gasteiger partial charge in [-0.15, -0.1) is 0 Å². The van der Waals surface area contributed by atoms with Crippen LogP contribution in [0.5, 0.6) is 11.5 Å². The summed E-state index contributed by atoms with van der Waals surface area (Å²) >= 11 is 3.25. The number of rotatable bonds is 3. The van der Waals surface area contributed by atoms with Gasteiger partial charge in [-0.1, -0.05) is 0 Å². The highest BCUT2D eigenvalue weighted by Crippen LogP contribution is 2.38. The van der Waals surface area contributed by atoms with Gasteiger partial charge in [-0.3, -0.25) is 0 Å². The van der Waals surface area contributed by atoms with E-state index in [1.165, 1.54) is 14.2 Å². The summed E-state index contributed by atoms with van der Waals surface area (Å²) in [5.41, 5.74) is 0.375. The lowest BCUT2D eigenvalue weighted by Crippen LogP contribution is -2.07. The topological polar surface area (TPSA) is 68.7 Å². The molecule has 0 amide bonds. The second-order valence-electron chi connectivity index (χ2n) is 2.73. The van der Waals surface area contributed by atoms with Crippen LogP contribution in [0, 0.1) is 6.92 Å². The number of hydrogen-bond donors (Lipinski definition) is 1. The Labute approximate surface area is 95.2 Å². The highest BCUT2D eigenvalue weighted by atomic mass is 79.9. The van der Waals surface area contributed by atoms with Gasteiger partial charge < -0.3 is 14.6 Å². The maximum atomic E-state index is 10.9. The van der Waals surface area contributed by atoms with Gasteiger partial charge in [0.25, 0.3) is 0 Å². The van der Waals surface area contributed by atoms with E-state index in [2.05, 4.69) is 20.9 Å². The number of carboxylic acids is 1. The zero-order valence-corrected chi connectivity index (χ0v) is 10.1. The third-order valence-corrected chi connectivity index (χ3v) is 2.76. The van der Waals surface area contributed by atoms with Crippen molar-refractivity contribution < 1.29 is 19.4 Å². The molecule has 0 spiro atoms. The largest absolute Gasteiger partial charge is 0.492 e. The molecule has 0 aliphatic heterocycles. The summed E-state index contributed by atoms with van der Waals surface area (Å²) in [6.45, 7) is 1.68. The molecule has 1 aromatic heterocycles. The summed E-state index contributed by atoms with van der Waals surface area (Å²) in [7, 11) is 2.81. The first-order chi connectivity index (χ1) is 7.02. The lowest BCUT2D eigenvalue weighted by molar-refractivity contribution is 0.0685. The standard InChI is InChI=1S/C9H10BrNO4/c1-4-5(10)7(14-2)8(15-3)6(11-4)9(12)13/h1-3H3,(H,12,13). The van der Waals surface area contributed by atoms with Gasteiger partial charge in [-0.05, 0) is 22.9 Å². The minimum atomic E-state index is -1.15. The zero-order valence-electron chi connectivity index (χ0n) is 8.50. The Bertz CT molecular complexity index is 406. The van der Waals surface area contributed by atoms with Gasteiger partial charge in [0.2, 0.25) is 0 Å². The molecule has 0 unspecified atom stereocenters. The van der Waals surface area contributed by atoms with Crippen LogP contribution >= 0.6 is 15.9 Å². The molecule has 0 fully saturated rings. The van der Waals surface area contributed by atoms with Crippen LogP contribution in [-0.2, 0) is 0 Å². The Morgan fingerprint density at radius 3 is 2.27 bits per heavy atom. The number of nitrogens with zero attached hydrogens (tertiary/aromatic N) is 1. The summed E-state index contributed by atoms with van der Waals surface area (Å²) in [5.74, 6) is -0.703. The molecule has 5 nitrogen and oxygen atoms in total. The second kappa shape index (κ2) is 4.48. The molecule has 0 atom stereocenters. The Morgan fingerprint density at radius 1 is 1.33 bits per heavy atom. The fraction of sp³-hybridized carbons (Fsp3) is 0.333. The lowest BCUT2D eigenvalue weighted by Gasteiger charge is -2.12. The minimum Gasteiger partial charge on any atom is -0.492 e. The molecule has 1 rings (SSSR count). The molecule has 82 valence electrons. The third kappa shape index (κ3) is 2.04. The van der Waals surface area contributed by atoms with E-state index in [-0.39, 0.29) is 11.4 Å². The van der Waals surface area contributed by atoms with Crippen LogP contribution in [0.1, 0.15) is 16.2 Å². The number of aromatic carboxylic acids is 1. The van der Waals surface area contributed by atoms with Crippen LogP contribution in [0.4, 0.5) is 0 Å². The number of ether oxygens (including phenoxy) is 2. The average molecular weight is 276 g/mol. The summed E-state index contributed by atoms with van der Waals surface area (Å²) in [5, 5.41) is 8.92. The number of carboxylic acid groups (broad SMARTS) is 1. The fourth-order valence-corrected chi connectivity index (χ4v) is 1.59. The number of aromatic nitrogens is 1. The van der Waals surface area contributed by atoms with Crippen molar-refractivity contribution in [1.29, 1.82) is 0 Å². The van der Waals surface area contributed by atoms with Crippen molar-refractivity contribution in [1.82, 2.24) is 4.98 Å². The summed E-state index contributed by atoms with van der Waals surface area (Å²) in [6, 6.07) is 0. The number of methoxy groups -OCH3 is 2. The van der Waals surface area contributed by atoms with E-state index in [9.17, 15) is 4.79 Å². The molecule has 0 saturated heterocycles. The van der Waals surface area contributed by atoms with E-state index in [0.29, 0.717) is 15.9 Å². The Kier molecular flexibility index (Phi) is 3.52. The van der Waals surface area contributed by atoms with Crippen LogP contribution in [0.25, 0.3) is 0 Å². The maximum Gasteiger partial charge on any atom is 0.358 e. The lowest BCUT2D eigenvalue weighted by atomic mass is 10.2. The first-order valence-electron chi connectivity index (χ1n) is 4.04. The van der Waals surface area contributed by atoms with Crippen molar-refractivity contribution in [2.75, 3.05) is 14.2 Å². The van der Waals surface area contributed by atoms with Gasteiger partial charge in [-0.2, -0.15) is 0 Å². The quantitative estimate of drug-likeness (QED) is 0.912. The molecule has 1 aromatic rings. The summed E-state index contributed by atoms with van der Waals surface area (Å²) < 4.78 is 10.6. The van der Waals surface area contributed by atoms with Crippen LogP contribution in [0.15, 0.2) is 4.47 Å². The van der Waals surface area contributed by atoms with Crippen molar-refractivity contribution >= 4 is 21.9 Å². The summed E-state index contributed by atoms with van der Waals surface area (Å²) in [6.07, 6.45) is 0. The smallest absolute Gasteiger partial charge is 0.358 e. The Hall–Kier alpha value is -1.30. The Morgan fingerprint density at radius 2 is 1.87 bits per heavy atom. The number of halogens is 1. The summed E-state index contributed by atoms with van der Waals surface area (Å²) in [4.78, 5) is 14.8. The molecule has 0 aliphatic carbocycles. The van der Waals surface area contributed by atoms with Crippen LogP contribution in [0.3, 0.4) is 0 Å². The number of pyridine rings is 1. The second-order valence-corrected chi connectivity index (χ2v) is 3.52. The molecule has 0 radical (unpaired) electrons. The normalized spacial score (nSPS) is 9.87. The van der Waals surface area contributed by atoms with Crippen LogP contribution < -0.4 is 9.47 Å². The van der Waals surface area contributed by atoms with Crippen molar-refractivity contribution in [3.05, 3.63) is 15.9 Å². The maximum absolute atomic E-state index is 10.9. The van der Waals surface area contributed by atoms with Gasteiger partial charge >= 0.3 is 5.97 Å². The van der Waals surface area contributed by atoms with Crippen molar-refractivity contribution in [3.8, 4) is 11.5 Å². The van der Waals surface area contributed by atoms with E-state index in [1.54, 1.807) is 6.92 Å². The van der Waals surface area contributed by atoms with Gasteiger partial charge in [0, 0.05) is 0 Å². The molecular formula is C9H10BrNO4. The van der Waals surface area contributed by atoms with Crippen molar-refractivity contribution in [2.45, 2.75) is 6.92 Å². The first-order valence-corrected chi connectivity index (χ1v) is 4.83.